The molecule has 0 aliphatic heterocycles. The minimum atomic E-state index is 0.808. The fraction of sp³-hybridized carbons (Fsp3) is 0. The van der Waals surface area contributed by atoms with E-state index in [0.29, 0.717) is 0 Å². The van der Waals surface area contributed by atoms with Crippen LogP contribution in [0.4, 0.5) is 0 Å². The van der Waals surface area contributed by atoms with Crippen LogP contribution in [0.15, 0.2) is 194 Å². The van der Waals surface area contributed by atoms with Crippen LogP contribution < -0.4 is 0 Å². The summed E-state index contributed by atoms with van der Waals surface area (Å²) in [7, 11) is 0. The standard InChI is InChI=1S/C52H32N4/c1-2-12-33(13-3-1)34-22-24-35(25-23-34)51-52(54-46-20-10-9-19-45(46)53-51)56-48-27-26-40(32-44(48)43-29-37-15-5-7-17-39(37)31-50(43)56)55-47-21-11-8-18-41(47)42-28-36-14-4-6-16-38(36)30-49(42)55/h1-32H. The molecule has 9 aromatic carbocycles. The van der Waals surface area contributed by atoms with Crippen LogP contribution in [0.1, 0.15) is 0 Å². The molecule has 12 aromatic rings. The SMILES string of the molecule is c1ccc(-c2ccc(-c3nc4ccccc4nc3-n3c4ccc(-n5c6ccccc6c6cc7ccccc7cc65)cc4c4cc5ccccc5cc43)cc2)cc1. The van der Waals surface area contributed by atoms with Crippen LogP contribution in [0.5, 0.6) is 0 Å². The molecule has 0 saturated carbocycles. The van der Waals surface area contributed by atoms with Gasteiger partial charge in [-0.1, -0.05) is 133 Å². The fourth-order valence-corrected chi connectivity index (χ4v) is 8.79. The number of rotatable bonds is 4. The van der Waals surface area contributed by atoms with E-state index in [1.54, 1.807) is 0 Å². The third-order valence-corrected chi connectivity index (χ3v) is 11.4. The second kappa shape index (κ2) is 12.0. The highest BCUT2D eigenvalue weighted by atomic mass is 15.1. The summed E-state index contributed by atoms with van der Waals surface area (Å²) in [6.07, 6.45) is 0. The number of hydrogen-bond acceptors (Lipinski definition) is 2. The van der Waals surface area contributed by atoms with Gasteiger partial charge in [0, 0.05) is 32.8 Å². The van der Waals surface area contributed by atoms with Gasteiger partial charge in [-0.3, -0.25) is 4.57 Å². The lowest BCUT2D eigenvalue weighted by Gasteiger charge is -2.15. The molecule has 4 heteroatoms. The normalized spacial score (nSPS) is 11.9. The Bertz CT molecular complexity index is 3520. The Morgan fingerprint density at radius 1 is 0.304 bits per heavy atom. The second-order valence-corrected chi connectivity index (χ2v) is 14.7. The predicted molar refractivity (Wildman–Crippen MR) is 234 cm³/mol. The molecular weight excluding hydrogens is 681 g/mol. The van der Waals surface area contributed by atoms with Crippen molar-refractivity contribution in [2.45, 2.75) is 0 Å². The van der Waals surface area contributed by atoms with Gasteiger partial charge in [-0.2, -0.15) is 0 Å². The molecule has 260 valence electrons. The first kappa shape index (κ1) is 30.9. The lowest BCUT2D eigenvalue weighted by molar-refractivity contribution is 1.08. The van der Waals surface area contributed by atoms with E-state index < -0.39 is 0 Å². The summed E-state index contributed by atoms with van der Waals surface area (Å²) in [6.45, 7) is 0. The number of nitrogens with zero attached hydrogens (tertiary/aromatic N) is 4. The van der Waals surface area contributed by atoms with Crippen molar-refractivity contribution in [1.82, 2.24) is 19.1 Å². The zero-order chi connectivity index (χ0) is 36.7. The molecule has 0 spiro atoms. The van der Waals surface area contributed by atoms with Crippen molar-refractivity contribution in [3.05, 3.63) is 194 Å². The van der Waals surface area contributed by atoms with Gasteiger partial charge in [-0.05, 0) is 93.3 Å². The first-order valence-corrected chi connectivity index (χ1v) is 19.1. The number of para-hydroxylation sites is 3. The highest BCUT2D eigenvalue weighted by Crippen LogP contribution is 2.41. The van der Waals surface area contributed by atoms with E-state index in [1.807, 2.05) is 12.1 Å². The molecule has 3 aromatic heterocycles. The molecule has 0 aliphatic rings. The second-order valence-electron chi connectivity index (χ2n) is 14.7. The Kier molecular flexibility index (Phi) is 6.60. The average molecular weight is 713 g/mol. The number of fused-ring (bicyclic) bond motifs is 9. The molecule has 12 rings (SSSR count). The van der Waals surface area contributed by atoms with E-state index in [1.165, 1.54) is 59.9 Å². The maximum absolute atomic E-state index is 5.43. The van der Waals surface area contributed by atoms with Gasteiger partial charge in [0.15, 0.2) is 5.82 Å². The smallest absolute Gasteiger partial charge is 0.165 e. The number of aromatic nitrogens is 4. The molecule has 56 heavy (non-hydrogen) atoms. The molecule has 0 aliphatic carbocycles. The van der Waals surface area contributed by atoms with Crippen molar-refractivity contribution < 1.29 is 0 Å². The van der Waals surface area contributed by atoms with E-state index in [0.717, 1.165) is 50.2 Å². The summed E-state index contributed by atoms with van der Waals surface area (Å²) in [5.41, 5.74) is 11.6. The Labute approximate surface area is 322 Å². The van der Waals surface area contributed by atoms with Crippen LogP contribution in [0, 0.1) is 0 Å². The highest BCUT2D eigenvalue weighted by Gasteiger charge is 2.22. The van der Waals surface area contributed by atoms with Crippen LogP contribution >= 0.6 is 0 Å². The molecule has 0 radical (unpaired) electrons. The van der Waals surface area contributed by atoms with Crippen LogP contribution in [-0.4, -0.2) is 19.1 Å². The van der Waals surface area contributed by atoms with Crippen molar-refractivity contribution in [3.63, 3.8) is 0 Å². The molecular formula is C52H32N4. The third kappa shape index (κ3) is 4.66. The first-order valence-electron chi connectivity index (χ1n) is 19.1. The van der Waals surface area contributed by atoms with Gasteiger partial charge in [0.2, 0.25) is 0 Å². The maximum Gasteiger partial charge on any atom is 0.165 e. The van der Waals surface area contributed by atoms with Gasteiger partial charge in [0.25, 0.3) is 0 Å². The summed E-state index contributed by atoms with van der Waals surface area (Å²) in [5, 5.41) is 9.69. The van der Waals surface area contributed by atoms with Crippen LogP contribution in [0.25, 0.3) is 110 Å². The lowest BCUT2D eigenvalue weighted by Crippen LogP contribution is -2.04. The minimum Gasteiger partial charge on any atom is -0.309 e. The Balaban J connectivity index is 1.15. The van der Waals surface area contributed by atoms with Crippen LogP contribution in [0.2, 0.25) is 0 Å². The highest BCUT2D eigenvalue weighted by molar-refractivity contribution is 6.16. The van der Waals surface area contributed by atoms with Crippen LogP contribution in [-0.2, 0) is 0 Å². The van der Waals surface area contributed by atoms with E-state index in [4.69, 9.17) is 9.97 Å². The van der Waals surface area contributed by atoms with Crippen molar-refractivity contribution in [1.29, 1.82) is 0 Å². The molecule has 0 saturated heterocycles. The fourth-order valence-electron chi connectivity index (χ4n) is 8.79. The van der Waals surface area contributed by atoms with Gasteiger partial charge in [0.1, 0.15) is 5.69 Å². The van der Waals surface area contributed by atoms with E-state index in [-0.39, 0.29) is 0 Å². The van der Waals surface area contributed by atoms with Crippen molar-refractivity contribution in [2.75, 3.05) is 0 Å². The first-order chi connectivity index (χ1) is 27.7. The van der Waals surface area contributed by atoms with Crippen molar-refractivity contribution in [2.24, 2.45) is 0 Å². The van der Waals surface area contributed by atoms with Crippen LogP contribution in [0.3, 0.4) is 0 Å². The third-order valence-electron chi connectivity index (χ3n) is 11.4. The van der Waals surface area contributed by atoms with E-state index in [2.05, 4.69) is 191 Å². The van der Waals surface area contributed by atoms with Gasteiger partial charge in [-0.25, -0.2) is 9.97 Å². The summed E-state index contributed by atoms with van der Waals surface area (Å²) >= 11 is 0. The Hall–Kier alpha value is -7.56. The molecule has 0 N–H and O–H groups in total. The van der Waals surface area contributed by atoms with Gasteiger partial charge >= 0.3 is 0 Å². The van der Waals surface area contributed by atoms with E-state index in [9.17, 15) is 0 Å². The number of hydrogen-bond donors (Lipinski definition) is 0. The quantitative estimate of drug-likeness (QED) is 0.182. The summed E-state index contributed by atoms with van der Waals surface area (Å²) in [6, 6.07) is 69.7. The molecule has 0 fully saturated rings. The van der Waals surface area contributed by atoms with Crippen molar-refractivity contribution in [3.8, 4) is 33.9 Å². The largest absolute Gasteiger partial charge is 0.309 e. The summed E-state index contributed by atoms with van der Waals surface area (Å²) in [4.78, 5) is 10.8. The summed E-state index contributed by atoms with van der Waals surface area (Å²) < 4.78 is 4.76. The monoisotopic (exact) mass is 712 g/mol. The van der Waals surface area contributed by atoms with Crippen molar-refractivity contribution >= 4 is 76.2 Å². The zero-order valence-electron chi connectivity index (χ0n) is 30.3. The van der Waals surface area contributed by atoms with E-state index >= 15 is 0 Å². The zero-order valence-corrected chi connectivity index (χ0v) is 30.3. The molecule has 3 heterocycles. The Morgan fingerprint density at radius 2 is 0.804 bits per heavy atom. The molecule has 0 amide bonds. The molecule has 0 atom stereocenters. The number of benzene rings is 9. The molecule has 4 nitrogen and oxygen atoms in total. The maximum atomic E-state index is 5.43. The molecule has 0 unspecified atom stereocenters. The lowest BCUT2D eigenvalue weighted by atomic mass is 10.0. The van der Waals surface area contributed by atoms with Gasteiger partial charge < -0.3 is 4.57 Å². The molecule has 0 bridgehead atoms. The average Bonchev–Trinajstić information content (AvgIpc) is 3.75. The topological polar surface area (TPSA) is 35.6 Å². The minimum absolute atomic E-state index is 0.808. The van der Waals surface area contributed by atoms with Gasteiger partial charge in [-0.15, -0.1) is 0 Å². The summed E-state index contributed by atoms with van der Waals surface area (Å²) in [5.74, 6) is 0.808. The Morgan fingerprint density at radius 3 is 1.52 bits per heavy atom. The van der Waals surface area contributed by atoms with Gasteiger partial charge in [0.05, 0.1) is 33.1 Å². The predicted octanol–water partition coefficient (Wildman–Crippen LogP) is 13.5.